The van der Waals surface area contributed by atoms with Gasteiger partial charge in [-0.25, -0.2) is 0 Å². The van der Waals surface area contributed by atoms with E-state index in [1.54, 1.807) is 0 Å². The van der Waals surface area contributed by atoms with Gasteiger partial charge >= 0.3 is 6.18 Å². The van der Waals surface area contributed by atoms with Crippen molar-refractivity contribution >= 4 is 5.84 Å². The Kier molecular flexibility index (Phi) is 3.77. The van der Waals surface area contributed by atoms with Crippen LogP contribution in [0.1, 0.15) is 32.1 Å². The van der Waals surface area contributed by atoms with E-state index >= 15 is 0 Å². The largest absolute Gasteiger partial charge is 0.389 e. The standard InChI is InChI=1S/C9H15F3N2/c10-9(11,12)5-1-2-6-14-7-3-4-8(14)13/h13H,1-7H2. The molecule has 0 aromatic heterocycles. The molecule has 0 aromatic rings. The van der Waals surface area contributed by atoms with Crippen molar-refractivity contribution in [1.82, 2.24) is 4.90 Å². The van der Waals surface area contributed by atoms with E-state index in [0.717, 1.165) is 19.4 Å². The lowest BCUT2D eigenvalue weighted by molar-refractivity contribution is -0.135. The summed E-state index contributed by atoms with van der Waals surface area (Å²) in [5.41, 5.74) is 0. The summed E-state index contributed by atoms with van der Waals surface area (Å²) in [6, 6.07) is 0. The molecule has 0 aromatic carbocycles. The van der Waals surface area contributed by atoms with Gasteiger partial charge in [-0.15, -0.1) is 0 Å². The molecule has 0 atom stereocenters. The molecule has 1 saturated heterocycles. The van der Waals surface area contributed by atoms with Crippen LogP contribution < -0.4 is 0 Å². The first-order valence-electron chi connectivity index (χ1n) is 4.88. The van der Waals surface area contributed by atoms with E-state index in [2.05, 4.69) is 0 Å². The Labute approximate surface area is 81.6 Å². The van der Waals surface area contributed by atoms with Crippen molar-refractivity contribution in [3.63, 3.8) is 0 Å². The molecule has 82 valence electrons. The molecule has 0 radical (unpaired) electrons. The van der Waals surface area contributed by atoms with Crippen molar-refractivity contribution in [3.05, 3.63) is 0 Å². The number of unbranched alkanes of at least 4 members (excludes halogenated alkanes) is 1. The summed E-state index contributed by atoms with van der Waals surface area (Å²) in [7, 11) is 0. The Bertz CT molecular complexity index is 201. The van der Waals surface area contributed by atoms with Crippen LogP contribution in [0.2, 0.25) is 0 Å². The molecule has 1 aliphatic rings. The van der Waals surface area contributed by atoms with Crippen LogP contribution in [-0.2, 0) is 0 Å². The molecule has 1 rings (SSSR count). The van der Waals surface area contributed by atoms with Gasteiger partial charge in [-0.2, -0.15) is 13.2 Å². The number of hydrogen-bond acceptors (Lipinski definition) is 1. The Morgan fingerprint density at radius 3 is 2.50 bits per heavy atom. The molecule has 0 aliphatic carbocycles. The number of nitrogens with zero attached hydrogens (tertiary/aromatic N) is 1. The number of alkyl halides is 3. The molecule has 1 fully saturated rings. The molecule has 1 N–H and O–H groups in total. The van der Waals surface area contributed by atoms with Gasteiger partial charge in [0.15, 0.2) is 0 Å². The van der Waals surface area contributed by atoms with Crippen LogP contribution >= 0.6 is 0 Å². The monoisotopic (exact) mass is 208 g/mol. The van der Waals surface area contributed by atoms with Crippen molar-refractivity contribution < 1.29 is 13.2 Å². The van der Waals surface area contributed by atoms with E-state index in [4.69, 9.17) is 5.41 Å². The molecule has 0 unspecified atom stereocenters. The van der Waals surface area contributed by atoms with Gasteiger partial charge < -0.3 is 4.90 Å². The quantitative estimate of drug-likeness (QED) is 0.706. The van der Waals surface area contributed by atoms with Crippen LogP contribution in [0, 0.1) is 5.41 Å². The van der Waals surface area contributed by atoms with Crippen LogP contribution in [-0.4, -0.2) is 30.0 Å². The highest BCUT2D eigenvalue weighted by molar-refractivity contribution is 5.80. The van der Waals surface area contributed by atoms with Gasteiger partial charge in [0, 0.05) is 25.9 Å². The van der Waals surface area contributed by atoms with Crippen LogP contribution in [0.4, 0.5) is 13.2 Å². The van der Waals surface area contributed by atoms with E-state index in [1.165, 1.54) is 0 Å². The minimum Gasteiger partial charge on any atom is -0.361 e. The summed E-state index contributed by atoms with van der Waals surface area (Å²) in [6.45, 7) is 1.44. The third-order valence-corrected chi connectivity index (χ3v) is 2.36. The SMILES string of the molecule is N=C1CCCN1CCCCC(F)(F)F. The smallest absolute Gasteiger partial charge is 0.361 e. The van der Waals surface area contributed by atoms with Crippen molar-refractivity contribution in [2.75, 3.05) is 13.1 Å². The van der Waals surface area contributed by atoms with E-state index in [-0.39, 0.29) is 6.42 Å². The van der Waals surface area contributed by atoms with Crippen LogP contribution in [0.15, 0.2) is 0 Å². The molecule has 0 saturated carbocycles. The summed E-state index contributed by atoms with van der Waals surface area (Å²) < 4.78 is 35.3. The second-order valence-corrected chi connectivity index (χ2v) is 3.61. The minimum atomic E-state index is -4.03. The van der Waals surface area contributed by atoms with Crippen LogP contribution in [0.25, 0.3) is 0 Å². The minimum absolute atomic E-state index is 0.174. The Balaban J connectivity index is 2.07. The number of rotatable bonds is 4. The predicted molar refractivity (Wildman–Crippen MR) is 48.4 cm³/mol. The van der Waals surface area contributed by atoms with Gasteiger partial charge in [0.2, 0.25) is 0 Å². The number of hydrogen-bond donors (Lipinski definition) is 1. The van der Waals surface area contributed by atoms with Gasteiger partial charge in [0.25, 0.3) is 0 Å². The van der Waals surface area contributed by atoms with Crippen molar-refractivity contribution in [3.8, 4) is 0 Å². The molecule has 14 heavy (non-hydrogen) atoms. The molecule has 0 bridgehead atoms. The zero-order valence-electron chi connectivity index (χ0n) is 8.03. The van der Waals surface area contributed by atoms with Crippen molar-refractivity contribution in [2.24, 2.45) is 0 Å². The molecule has 0 spiro atoms. The zero-order chi connectivity index (χ0) is 10.6. The highest BCUT2D eigenvalue weighted by Crippen LogP contribution is 2.22. The van der Waals surface area contributed by atoms with Crippen molar-refractivity contribution in [1.29, 1.82) is 5.41 Å². The first kappa shape index (κ1) is 11.3. The van der Waals surface area contributed by atoms with E-state index in [1.807, 2.05) is 4.90 Å². The number of amidine groups is 1. The van der Waals surface area contributed by atoms with Gasteiger partial charge in [0.05, 0.1) is 5.84 Å². The molecular weight excluding hydrogens is 193 g/mol. The normalized spacial score (nSPS) is 17.9. The van der Waals surface area contributed by atoms with E-state index in [9.17, 15) is 13.2 Å². The molecular formula is C9H15F3N2. The molecule has 0 amide bonds. The topological polar surface area (TPSA) is 27.1 Å². The fourth-order valence-electron chi connectivity index (χ4n) is 1.61. The summed E-state index contributed by atoms with van der Waals surface area (Å²) in [5.74, 6) is 0.581. The lowest BCUT2D eigenvalue weighted by atomic mass is 10.2. The highest BCUT2D eigenvalue weighted by Gasteiger charge is 2.26. The van der Waals surface area contributed by atoms with Gasteiger partial charge in [-0.1, -0.05) is 0 Å². The maximum atomic E-state index is 11.8. The maximum Gasteiger partial charge on any atom is 0.389 e. The second kappa shape index (κ2) is 4.66. The zero-order valence-corrected chi connectivity index (χ0v) is 8.03. The number of halogens is 3. The molecule has 5 heteroatoms. The second-order valence-electron chi connectivity index (χ2n) is 3.61. The Hall–Kier alpha value is -0.740. The summed E-state index contributed by atoms with van der Waals surface area (Å²) in [5, 5.41) is 7.47. The molecule has 1 heterocycles. The highest BCUT2D eigenvalue weighted by atomic mass is 19.4. The fraction of sp³-hybridized carbons (Fsp3) is 0.889. The van der Waals surface area contributed by atoms with Crippen molar-refractivity contribution in [2.45, 2.75) is 38.3 Å². The van der Waals surface area contributed by atoms with Crippen LogP contribution in [0.3, 0.4) is 0 Å². The average Bonchev–Trinajstić information content (AvgIpc) is 2.44. The average molecular weight is 208 g/mol. The summed E-state index contributed by atoms with van der Waals surface area (Å²) in [4.78, 5) is 1.87. The first-order chi connectivity index (χ1) is 6.49. The Morgan fingerprint density at radius 1 is 1.29 bits per heavy atom. The summed E-state index contributed by atoms with van der Waals surface area (Å²) in [6.07, 6.45) is -2.28. The van der Waals surface area contributed by atoms with E-state index in [0.29, 0.717) is 18.8 Å². The van der Waals surface area contributed by atoms with Crippen LogP contribution in [0.5, 0.6) is 0 Å². The van der Waals surface area contributed by atoms with Gasteiger partial charge in [0.1, 0.15) is 0 Å². The third kappa shape index (κ3) is 3.98. The number of likely N-dealkylation sites (tertiary alicyclic amines) is 1. The summed E-state index contributed by atoms with van der Waals surface area (Å²) >= 11 is 0. The maximum absolute atomic E-state index is 11.8. The predicted octanol–water partition coefficient (Wildman–Crippen LogP) is 2.79. The van der Waals surface area contributed by atoms with E-state index < -0.39 is 12.6 Å². The number of nitrogens with one attached hydrogen (secondary N) is 1. The Morgan fingerprint density at radius 2 is 2.00 bits per heavy atom. The van der Waals surface area contributed by atoms with Gasteiger partial charge in [-0.05, 0) is 19.3 Å². The molecule has 1 aliphatic heterocycles. The third-order valence-electron chi connectivity index (χ3n) is 2.36. The van der Waals surface area contributed by atoms with Gasteiger partial charge in [-0.3, -0.25) is 5.41 Å². The first-order valence-corrected chi connectivity index (χ1v) is 4.88. The lowest BCUT2D eigenvalue weighted by Crippen LogP contribution is -2.25. The molecule has 2 nitrogen and oxygen atoms in total. The lowest BCUT2D eigenvalue weighted by Gasteiger charge is -2.17. The fourth-order valence-corrected chi connectivity index (χ4v) is 1.61.